The molecular formula is C2H3B10. The standard InChI is InChI=1S/C2H3B10/c1-10(4)2(9-3,11(5)6)12(7)8/h1H3. The molecule has 0 atom stereocenters. The second-order valence-electron chi connectivity index (χ2n) is 3.01. The second kappa shape index (κ2) is 4.77. The highest BCUT2D eigenvalue weighted by Gasteiger charge is 2.38. The second-order valence-corrected chi connectivity index (χ2v) is 3.01. The van der Waals surface area contributed by atoms with Crippen molar-refractivity contribution in [1.29, 1.82) is 0 Å². The van der Waals surface area contributed by atoms with Crippen LogP contribution in [0.2, 0.25) is 11.8 Å². The van der Waals surface area contributed by atoms with Gasteiger partial charge in [-0.1, -0.05) is 6.82 Å². The fourth-order valence-electron chi connectivity index (χ4n) is 1.20. The molecule has 0 aromatic carbocycles. The summed E-state index contributed by atoms with van der Waals surface area (Å²) in [6.45, 7) is -0.199. The van der Waals surface area contributed by atoms with Crippen molar-refractivity contribution in [3.63, 3.8) is 0 Å². The highest BCUT2D eigenvalue weighted by atomic mass is 13.8. The lowest BCUT2D eigenvalue weighted by Gasteiger charge is -2.44. The third kappa shape index (κ3) is 2.12. The maximum absolute atomic E-state index is 5.65. The molecule has 0 aliphatic heterocycles. The Balaban J connectivity index is 4.77. The molecule has 0 fully saturated rings. The Morgan fingerprint density at radius 1 is 1.00 bits per heavy atom. The predicted molar refractivity (Wildman–Crippen MR) is 66.1 cm³/mol. The SMILES string of the molecule is [B][B]C(B([B])[B])(B([B])[B])B([B])C. The first-order chi connectivity index (χ1) is 5.39. The average Bonchev–Trinajstić information content (AvgIpc) is 1.86. The van der Waals surface area contributed by atoms with Gasteiger partial charge in [0.25, 0.3) is 0 Å². The highest BCUT2D eigenvalue weighted by molar-refractivity contribution is 7.54. The molecule has 10 heteroatoms. The van der Waals surface area contributed by atoms with Crippen molar-refractivity contribution < 1.29 is 0 Å². The van der Waals surface area contributed by atoms with E-state index in [1.807, 2.05) is 0 Å². The van der Waals surface area contributed by atoms with E-state index in [2.05, 4.69) is 0 Å². The molecule has 0 saturated carbocycles. The van der Waals surface area contributed by atoms with Gasteiger partial charge in [0.1, 0.15) is 0 Å². The van der Waals surface area contributed by atoms with E-state index in [0.29, 0.717) is 0 Å². The van der Waals surface area contributed by atoms with Crippen LogP contribution in [-0.2, 0) is 0 Å². The number of rotatable bonds is 4. The Hall–Kier alpha value is 0.649. The molecule has 0 aliphatic rings. The summed E-state index contributed by atoms with van der Waals surface area (Å²) in [5.41, 5.74) is 0. The molecule has 0 rings (SSSR count). The zero-order valence-electron chi connectivity index (χ0n) is 7.27. The summed E-state index contributed by atoms with van der Waals surface area (Å²) in [6.07, 6.45) is 0. The minimum Gasteiger partial charge on any atom is -0.161 e. The summed E-state index contributed by atoms with van der Waals surface area (Å²) in [6, 6.07) is 0. The minimum absolute atomic E-state index is 0.387. The quantitative estimate of drug-likeness (QED) is 0.360. The summed E-state index contributed by atoms with van der Waals surface area (Å²) in [5, 5.41) is -0.917. The van der Waals surface area contributed by atoms with Crippen LogP contribution in [-0.4, -0.2) is 73.2 Å². The van der Waals surface area contributed by atoms with E-state index >= 15 is 0 Å². The Bertz CT molecular complexity index is 106. The van der Waals surface area contributed by atoms with E-state index in [4.69, 9.17) is 46.4 Å². The Morgan fingerprint density at radius 3 is 1.33 bits per heavy atom. The van der Waals surface area contributed by atoms with Gasteiger partial charge in [-0.2, -0.15) is 5.01 Å². The molecule has 0 aromatic rings. The Kier molecular flexibility index (Phi) is 5.02. The molecule has 0 amide bonds. The van der Waals surface area contributed by atoms with Crippen molar-refractivity contribution >= 4 is 73.2 Å². The normalized spacial score (nSPS) is 10.4. The van der Waals surface area contributed by atoms with Crippen LogP contribution < -0.4 is 0 Å². The summed E-state index contributed by atoms with van der Waals surface area (Å²) in [4.78, 5) is 0. The maximum Gasteiger partial charge on any atom is 0.0679 e. The van der Waals surface area contributed by atoms with Crippen LogP contribution >= 0.6 is 0 Å². The molecular weight excluding hydrogens is 132 g/mol. The molecule has 0 heterocycles. The number of hydrogen-bond acceptors (Lipinski definition) is 0. The molecule has 0 unspecified atom stereocenters. The topological polar surface area (TPSA) is 0 Å². The highest BCUT2D eigenvalue weighted by Crippen LogP contribution is 2.27. The predicted octanol–water partition coefficient (Wildman–Crippen LogP) is -3.01. The van der Waals surface area contributed by atoms with Gasteiger partial charge in [-0.05, 0) is 0 Å². The fourth-order valence-corrected chi connectivity index (χ4v) is 1.20. The zero-order chi connectivity index (χ0) is 9.94. The monoisotopic (exact) mass is 137 g/mol. The molecule has 13 radical (unpaired) electrons. The molecule has 0 saturated heterocycles. The maximum atomic E-state index is 5.65. The van der Waals surface area contributed by atoms with Gasteiger partial charge in [-0.3, -0.25) is 0 Å². The average molecular weight is 135 g/mol. The largest absolute Gasteiger partial charge is 0.161 e. The molecule has 0 aromatic heterocycles. The van der Waals surface area contributed by atoms with Crippen molar-refractivity contribution in [1.82, 2.24) is 0 Å². The Labute approximate surface area is 85.4 Å². The van der Waals surface area contributed by atoms with E-state index < -0.39 is 18.0 Å². The van der Waals surface area contributed by atoms with E-state index in [-0.39, 0.29) is 6.60 Å². The van der Waals surface area contributed by atoms with Crippen LogP contribution in [0.3, 0.4) is 0 Å². The van der Waals surface area contributed by atoms with Gasteiger partial charge in [0.05, 0.1) is 6.60 Å². The summed E-state index contributed by atoms with van der Waals surface area (Å²) in [7, 11) is 34.4. The Morgan fingerprint density at radius 2 is 1.33 bits per heavy atom. The zero-order valence-corrected chi connectivity index (χ0v) is 7.27. The van der Waals surface area contributed by atoms with Crippen LogP contribution in [0.5, 0.6) is 0 Å². The van der Waals surface area contributed by atoms with E-state index in [1.165, 1.54) is 7.17 Å². The first-order valence-electron chi connectivity index (χ1n) is 3.73. The third-order valence-corrected chi connectivity index (χ3v) is 2.23. The van der Waals surface area contributed by atoms with E-state index in [1.54, 1.807) is 6.82 Å². The van der Waals surface area contributed by atoms with Crippen LogP contribution in [0, 0.1) is 0 Å². The van der Waals surface area contributed by atoms with Crippen molar-refractivity contribution in [2.75, 3.05) is 0 Å². The summed E-state index contributed by atoms with van der Waals surface area (Å²) >= 11 is 0. The van der Waals surface area contributed by atoms with Crippen LogP contribution in [0.1, 0.15) is 0 Å². The van der Waals surface area contributed by atoms with Crippen molar-refractivity contribution in [3.05, 3.63) is 0 Å². The van der Waals surface area contributed by atoms with Crippen molar-refractivity contribution in [2.45, 2.75) is 11.8 Å². The van der Waals surface area contributed by atoms with Crippen molar-refractivity contribution in [2.24, 2.45) is 0 Å². The number of hydrogen-bond donors (Lipinski definition) is 0. The van der Waals surface area contributed by atoms with Gasteiger partial charge in [-0.25, -0.2) is 0 Å². The third-order valence-electron chi connectivity index (χ3n) is 2.23. The van der Waals surface area contributed by atoms with Crippen LogP contribution in [0.15, 0.2) is 0 Å². The van der Waals surface area contributed by atoms with Crippen LogP contribution in [0.25, 0.3) is 0 Å². The molecule has 0 N–H and O–H groups in total. The lowest BCUT2D eigenvalue weighted by Crippen LogP contribution is -2.59. The van der Waals surface area contributed by atoms with Crippen molar-refractivity contribution in [3.8, 4) is 0 Å². The van der Waals surface area contributed by atoms with Gasteiger partial charge in [-0.15, -0.1) is 0 Å². The van der Waals surface area contributed by atoms with Gasteiger partial charge in [0.15, 0.2) is 0 Å². The van der Waals surface area contributed by atoms with Gasteiger partial charge in [0, 0.05) is 66.6 Å². The minimum atomic E-state index is -0.917. The summed E-state index contributed by atoms with van der Waals surface area (Å²) < 4.78 is 0. The summed E-state index contributed by atoms with van der Waals surface area (Å²) in [5.74, 6) is 0. The lowest BCUT2D eigenvalue weighted by molar-refractivity contribution is 1.57. The molecule has 0 bridgehead atoms. The molecule has 0 spiro atoms. The molecule has 0 nitrogen and oxygen atoms in total. The molecule has 12 heavy (non-hydrogen) atoms. The van der Waals surface area contributed by atoms with Gasteiger partial charge < -0.3 is 0 Å². The van der Waals surface area contributed by atoms with Gasteiger partial charge >= 0.3 is 0 Å². The van der Waals surface area contributed by atoms with Crippen LogP contribution in [0.4, 0.5) is 0 Å². The molecule has 0 aliphatic carbocycles. The lowest BCUT2D eigenvalue weighted by atomic mass is 8.75. The first-order valence-corrected chi connectivity index (χ1v) is 3.73. The van der Waals surface area contributed by atoms with Gasteiger partial charge in [0.2, 0.25) is 0 Å². The van der Waals surface area contributed by atoms with E-state index in [9.17, 15) is 0 Å². The molecule has 41 valence electrons. The van der Waals surface area contributed by atoms with E-state index in [0.717, 1.165) is 0 Å². The first kappa shape index (κ1) is 12.6. The fraction of sp³-hybridized carbons (Fsp3) is 1.00. The smallest absolute Gasteiger partial charge is 0.0679 e.